The van der Waals surface area contributed by atoms with Crippen molar-refractivity contribution in [1.82, 2.24) is 14.9 Å². The first-order valence-electron chi connectivity index (χ1n) is 6.07. The first-order valence-corrected chi connectivity index (χ1v) is 6.95. The molecule has 1 aliphatic heterocycles. The maximum atomic E-state index is 4.73. The van der Waals surface area contributed by atoms with E-state index in [1.807, 2.05) is 16.4 Å². The molecule has 1 aromatic heterocycles. The van der Waals surface area contributed by atoms with Crippen LogP contribution in [0.3, 0.4) is 0 Å². The molecular weight excluding hydrogens is 220 g/mol. The van der Waals surface area contributed by atoms with Gasteiger partial charge in [-0.15, -0.1) is 10.2 Å². The van der Waals surface area contributed by atoms with E-state index in [0.29, 0.717) is 5.25 Å². The monoisotopic (exact) mass is 236 g/mol. The van der Waals surface area contributed by atoms with Gasteiger partial charge in [-0.1, -0.05) is 25.1 Å². The summed E-state index contributed by atoms with van der Waals surface area (Å²) in [5.74, 6) is 1.02. The first kappa shape index (κ1) is 10.3. The molecule has 4 nitrogen and oxygen atoms in total. The van der Waals surface area contributed by atoms with E-state index in [1.165, 1.54) is 25.0 Å². The minimum Gasteiger partial charge on any atom is -0.191 e. The molecule has 3 rings (SSSR count). The van der Waals surface area contributed by atoms with Crippen molar-refractivity contribution in [3.05, 3.63) is 5.82 Å². The zero-order valence-electron chi connectivity index (χ0n) is 9.52. The Kier molecular flexibility index (Phi) is 2.71. The molecule has 1 saturated carbocycles. The zero-order chi connectivity index (χ0) is 11.0. The van der Waals surface area contributed by atoms with Crippen molar-refractivity contribution >= 4 is 17.5 Å². The van der Waals surface area contributed by atoms with Crippen LogP contribution in [0.2, 0.25) is 0 Å². The molecule has 2 aliphatic rings. The van der Waals surface area contributed by atoms with Crippen molar-refractivity contribution in [1.29, 1.82) is 0 Å². The van der Waals surface area contributed by atoms with Crippen LogP contribution in [0.4, 0.5) is 0 Å². The third-order valence-electron chi connectivity index (χ3n) is 3.15. The van der Waals surface area contributed by atoms with Crippen LogP contribution in [0.1, 0.15) is 44.9 Å². The van der Waals surface area contributed by atoms with Crippen molar-refractivity contribution in [2.45, 2.75) is 55.9 Å². The lowest BCUT2D eigenvalue weighted by atomic mass is 9.98. The normalized spacial score (nSPS) is 23.6. The van der Waals surface area contributed by atoms with E-state index in [1.54, 1.807) is 0 Å². The summed E-state index contributed by atoms with van der Waals surface area (Å²) in [6.45, 7) is 2.16. The summed E-state index contributed by atoms with van der Waals surface area (Å²) in [7, 11) is 0. The van der Waals surface area contributed by atoms with Gasteiger partial charge in [0.05, 0.1) is 11.0 Å². The third kappa shape index (κ3) is 1.67. The maximum Gasteiger partial charge on any atom is 0.212 e. The van der Waals surface area contributed by atoms with Crippen molar-refractivity contribution < 1.29 is 0 Å². The molecule has 1 unspecified atom stereocenters. The lowest BCUT2D eigenvalue weighted by Crippen LogP contribution is -2.26. The van der Waals surface area contributed by atoms with Gasteiger partial charge < -0.3 is 0 Å². The van der Waals surface area contributed by atoms with Crippen LogP contribution in [0.5, 0.6) is 0 Å². The third-order valence-corrected chi connectivity index (χ3v) is 4.40. The molecule has 0 aromatic carbocycles. The number of fused-ring (bicyclic) bond motifs is 2. The molecule has 0 N–H and O–H groups in total. The van der Waals surface area contributed by atoms with Crippen LogP contribution in [0.15, 0.2) is 10.3 Å². The summed E-state index contributed by atoms with van der Waals surface area (Å²) >= 11 is 1.85. The van der Waals surface area contributed by atoms with Crippen molar-refractivity contribution in [3.8, 4) is 0 Å². The van der Waals surface area contributed by atoms with Crippen molar-refractivity contribution in [2.24, 2.45) is 5.10 Å². The number of nitrogens with zero attached hydrogens (tertiary/aromatic N) is 4. The van der Waals surface area contributed by atoms with Gasteiger partial charge in [0.2, 0.25) is 5.16 Å². The quantitative estimate of drug-likeness (QED) is 0.792. The van der Waals surface area contributed by atoms with Crippen LogP contribution in [-0.4, -0.2) is 25.8 Å². The van der Waals surface area contributed by atoms with E-state index in [0.717, 1.165) is 30.2 Å². The number of rotatable bonds is 2. The van der Waals surface area contributed by atoms with Crippen LogP contribution in [0, 0.1) is 0 Å². The molecule has 0 bridgehead atoms. The molecule has 86 valence electrons. The Morgan fingerprint density at radius 3 is 3.19 bits per heavy atom. The standard InChI is InChI=1S/C11H16N4S/c1-2-5-10-12-13-11-15(10)14-8-6-3-4-7-9(8)16-11/h9H,2-7H2,1H3. The van der Waals surface area contributed by atoms with Gasteiger partial charge in [0.1, 0.15) is 0 Å². The van der Waals surface area contributed by atoms with Crippen LogP contribution in [0.25, 0.3) is 0 Å². The fourth-order valence-electron chi connectivity index (χ4n) is 2.31. The van der Waals surface area contributed by atoms with Gasteiger partial charge >= 0.3 is 0 Å². The molecular formula is C11H16N4S. The van der Waals surface area contributed by atoms with Crippen molar-refractivity contribution in [2.75, 3.05) is 0 Å². The van der Waals surface area contributed by atoms with Gasteiger partial charge in [-0.2, -0.15) is 9.78 Å². The summed E-state index contributed by atoms with van der Waals surface area (Å²) in [4.78, 5) is 0. The van der Waals surface area contributed by atoms with Gasteiger partial charge in [-0.25, -0.2) is 0 Å². The highest BCUT2D eigenvalue weighted by atomic mass is 32.2. The van der Waals surface area contributed by atoms with Gasteiger partial charge in [-0.05, 0) is 25.7 Å². The zero-order valence-corrected chi connectivity index (χ0v) is 10.3. The second-order valence-corrected chi connectivity index (χ2v) is 5.57. The van der Waals surface area contributed by atoms with E-state index < -0.39 is 0 Å². The van der Waals surface area contributed by atoms with E-state index in [-0.39, 0.29) is 0 Å². The van der Waals surface area contributed by atoms with Crippen LogP contribution < -0.4 is 0 Å². The lowest BCUT2D eigenvalue weighted by Gasteiger charge is -2.26. The van der Waals surface area contributed by atoms with Gasteiger partial charge in [-0.3, -0.25) is 0 Å². The second-order valence-electron chi connectivity index (χ2n) is 4.40. The average Bonchev–Trinajstić information content (AvgIpc) is 2.70. The van der Waals surface area contributed by atoms with E-state index in [9.17, 15) is 0 Å². The number of hydrogen-bond acceptors (Lipinski definition) is 4. The molecule has 0 radical (unpaired) electrons. The number of hydrogen-bond donors (Lipinski definition) is 0. The first-order chi connectivity index (χ1) is 7.88. The lowest BCUT2D eigenvalue weighted by molar-refractivity contribution is 0.627. The summed E-state index contributed by atoms with van der Waals surface area (Å²) in [6.07, 6.45) is 7.08. The minimum atomic E-state index is 0.569. The smallest absolute Gasteiger partial charge is 0.191 e. The summed E-state index contributed by atoms with van der Waals surface area (Å²) in [5, 5.41) is 14.8. The number of aromatic nitrogens is 3. The fourth-order valence-corrected chi connectivity index (χ4v) is 3.48. The van der Waals surface area contributed by atoms with Gasteiger partial charge in [0, 0.05) is 6.42 Å². The Morgan fingerprint density at radius 2 is 2.31 bits per heavy atom. The maximum absolute atomic E-state index is 4.73. The Labute approximate surface area is 99.5 Å². The Morgan fingerprint density at radius 1 is 1.38 bits per heavy atom. The molecule has 2 heterocycles. The fraction of sp³-hybridized carbons (Fsp3) is 0.727. The van der Waals surface area contributed by atoms with Gasteiger partial charge in [0.25, 0.3) is 0 Å². The highest BCUT2D eigenvalue weighted by Crippen LogP contribution is 2.35. The van der Waals surface area contributed by atoms with Crippen molar-refractivity contribution in [3.63, 3.8) is 0 Å². The summed E-state index contributed by atoms with van der Waals surface area (Å²) in [5.41, 5.74) is 1.35. The van der Waals surface area contributed by atoms with Gasteiger partial charge in [0.15, 0.2) is 5.82 Å². The molecule has 1 aromatic rings. The van der Waals surface area contributed by atoms with Crippen LogP contribution >= 0.6 is 11.8 Å². The SMILES string of the molecule is CCCc1nnc2n1N=C1CCCCC1S2. The van der Waals surface area contributed by atoms with E-state index in [4.69, 9.17) is 5.10 Å². The van der Waals surface area contributed by atoms with E-state index in [2.05, 4.69) is 17.1 Å². The molecule has 0 spiro atoms. The topological polar surface area (TPSA) is 43.1 Å². The highest BCUT2D eigenvalue weighted by molar-refractivity contribution is 8.00. The van der Waals surface area contributed by atoms with Crippen LogP contribution in [-0.2, 0) is 6.42 Å². The molecule has 1 fully saturated rings. The molecule has 0 saturated heterocycles. The molecule has 1 atom stereocenters. The second kappa shape index (κ2) is 4.20. The summed E-state index contributed by atoms with van der Waals surface area (Å²) in [6, 6.07) is 0. The predicted molar refractivity (Wildman–Crippen MR) is 65.0 cm³/mol. The average molecular weight is 236 g/mol. The highest BCUT2D eigenvalue weighted by Gasteiger charge is 2.29. The van der Waals surface area contributed by atoms with E-state index >= 15 is 0 Å². The Hall–Kier alpha value is -0.840. The Balaban J connectivity index is 1.95. The predicted octanol–water partition coefficient (Wildman–Crippen LogP) is 2.48. The molecule has 1 aliphatic carbocycles. The molecule has 5 heteroatoms. The molecule has 16 heavy (non-hydrogen) atoms. The number of aryl methyl sites for hydroxylation is 1. The Bertz CT molecular complexity index is 424. The largest absolute Gasteiger partial charge is 0.212 e. The molecule has 0 amide bonds. The summed E-state index contributed by atoms with van der Waals surface area (Å²) < 4.78 is 1.96. The minimum absolute atomic E-state index is 0.569. The number of thioether (sulfide) groups is 1.